The number of nitrogens with zero attached hydrogens (tertiary/aromatic N) is 2. The van der Waals surface area contributed by atoms with Gasteiger partial charge in [-0.2, -0.15) is 4.31 Å². The van der Waals surface area contributed by atoms with E-state index in [1.165, 1.54) is 0 Å². The molecule has 1 amide bonds. The Bertz CT molecular complexity index is 1110. The van der Waals surface area contributed by atoms with Gasteiger partial charge in [-0.15, -0.1) is 0 Å². The number of anilines is 1. The molecule has 4 rings (SSSR count). The molecule has 3 heterocycles. The highest BCUT2D eigenvalue weighted by Crippen LogP contribution is 2.37. The summed E-state index contributed by atoms with van der Waals surface area (Å²) in [6.45, 7) is 1.47. The van der Waals surface area contributed by atoms with E-state index in [-0.39, 0.29) is 35.5 Å². The van der Waals surface area contributed by atoms with E-state index < -0.39 is 10.0 Å². The number of carbonyl (C=O) groups excluding carboxylic acids is 1. The number of amides is 1. The van der Waals surface area contributed by atoms with Crippen molar-refractivity contribution in [2.24, 2.45) is 5.92 Å². The van der Waals surface area contributed by atoms with Crippen molar-refractivity contribution in [3.8, 4) is 0 Å². The van der Waals surface area contributed by atoms with Crippen molar-refractivity contribution >= 4 is 21.6 Å². The number of hydrogen-bond donors (Lipinski definition) is 2. The quantitative estimate of drug-likeness (QED) is 0.682. The highest BCUT2D eigenvalue weighted by atomic mass is 32.2. The first kappa shape index (κ1) is 20.8. The molecule has 2 aliphatic heterocycles. The van der Waals surface area contributed by atoms with Gasteiger partial charge in [-0.3, -0.25) is 9.59 Å². The Morgan fingerprint density at radius 1 is 1.10 bits per heavy atom. The maximum absolute atomic E-state index is 13.1. The van der Waals surface area contributed by atoms with Gasteiger partial charge in [0.15, 0.2) is 6.54 Å². The zero-order chi connectivity index (χ0) is 21.5. The fourth-order valence-electron chi connectivity index (χ4n) is 4.45. The summed E-state index contributed by atoms with van der Waals surface area (Å²) in [4.78, 5) is 26.3. The number of nitrogens with one attached hydrogen (secondary N) is 2. The first-order valence-corrected chi connectivity index (χ1v) is 11.6. The largest absolute Gasteiger partial charge is 0.332 e. The van der Waals surface area contributed by atoms with Crippen molar-refractivity contribution in [3.05, 3.63) is 58.5 Å². The van der Waals surface area contributed by atoms with E-state index >= 15 is 0 Å². The summed E-state index contributed by atoms with van der Waals surface area (Å²) in [6, 6.07) is 12.0. The number of pyridine rings is 1. The molecule has 0 aliphatic carbocycles. The molecule has 1 fully saturated rings. The zero-order valence-corrected chi connectivity index (χ0v) is 18.0. The number of carbonyl (C=O) groups is 1. The number of rotatable bonds is 5. The summed E-state index contributed by atoms with van der Waals surface area (Å²) in [5.74, 6) is -0.187. The molecule has 1 aromatic heterocycles. The second-order valence-electron chi connectivity index (χ2n) is 8.45. The summed E-state index contributed by atoms with van der Waals surface area (Å²) in [5.41, 5.74) is 0.892. The molecule has 0 radical (unpaired) electrons. The lowest BCUT2D eigenvalue weighted by Gasteiger charge is -2.42. The van der Waals surface area contributed by atoms with Gasteiger partial charge in [-0.05, 0) is 36.6 Å². The molecular formula is C21H27N4O4S+. The predicted octanol–water partition coefficient (Wildman–Crippen LogP) is -0.261. The summed E-state index contributed by atoms with van der Waals surface area (Å²) in [6.07, 6.45) is 0.857. The molecule has 0 unspecified atom stereocenters. The number of benzene rings is 1. The summed E-state index contributed by atoms with van der Waals surface area (Å²) >= 11 is 0. The Hall–Kier alpha value is -2.49. The van der Waals surface area contributed by atoms with Crippen LogP contribution in [0, 0.1) is 5.92 Å². The Morgan fingerprint density at radius 2 is 1.83 bits per heavy atom. The normalized spacial score (nSPS) is 21.3. The van der Waals surface area contributed by atoms with Gasteiger partial charge in [-0.25, -0.2) is 8.42 Å². The van der Waals surface area contributed by atoms with Crippen molar-refractivity contribution in [1.82, 2.24) is 8.87 Å². The summed E-state index contributed by atoms with van der Waals surface area (Å²) < 4.78 is 29.4. The standard InChI is InChI=1S/C21H26N4O4S/c1-23(2)14-20(26)22-18-8-9-19-16-10-15(12-25(19)21(18)27)11-24(13-16)30(28,29)17-6-4-3-5-7-17/h3-9,15-16H,10-14H2,1-2H3,(H,22,26)/p+1/t15-,16+/m0/s1. The van der Waals surface area contributed by atoms with Crippen LogP contribution >= 0.6 is 0 Å². The Kier molecular flexibility index (Phi) is 5.52. The third-order valence-corrected chi connectivity index (χ3v) is 7.59. The number of likely N-dealkylation sites (N-methyl/N-ethyl adjacent to an activating group) is 1. The first-order valence-electron chi connectivity index (χ1n) is 10.1. The topological polar surface area (TPSA) is 92.9 Å². The molecule has 30 heavy (non-hydrogen) atoms. The molecular weight excluding hydrogens is 404 g/mol. The van der Waals surface area contributed by atoms with Gasteiger partial charge < -0.3 is 14.8 Å². The number of hydrogen-bond acceptors (Lipinski definition) is 4. The van der Waals surface area contributed by atoms with Crippen LogP contribution < -0.4 is 15.8 Å². The van der Waals surface area contributed by atoms with E-state index in [9.17, 15) is 18.0 Å². The van der Waals surface area contributed by atoms with Crippen molar-refractivity contribution in [1.29, 1.82) is 0 Å². The maximum atomic E-state index is 13.1. The summed E-state index contributed by atoms with van der Waals surface area (Å²) in [5, 5.41) is 2.71. The van der Waals surface area contributed by atoms with Crippen molar-refractivity contribution in [2.45, 2.75) is 23.8 Å². The molecule has 2 aromatic rings. The molecule has 1 saturated heterocycles. The van der Waals surface area contributed by atoms with E-state index in [4.69, 9.17) is 0 Å². The minimum absolute atomic E-state index is 0.0420. The Morgan fingerprint density at radius 3 is 2.53 bits per heavy atom. The second-order valence-corrected chi connectivity index (χ2v) is 10.4. The lowest BCUT2D eigenvalue weighted by molar-refractivity contribution is -0.849. The predicted molar refractivity (Wildman–Crippen MR) is 113 cm³/mol. The fourth-order valence-corrected chi connectivity index (χ4v) is 6.03. The summed E-state index contributed by atoms with van der Waals surface area (Å²) in [7, 11) is 0.176. The highest BCUT2D eigenvalue weighted by molar-refractivity contribution is 7.89. The Labute approximate surface area is 176 Å². The van der Waals surface area contributed by atoms with Crippen LogP contribution in [0.2, 0.25) is 0 Å². The van der Waals surface area contributed by atoms with Crippen LogP contribution in [-0.4, -0.2) is 56.9 Å². The minimum atomic E-state index is -3.57. The smallest absolute Gasteiger partial charge is 0.279 e. The maximum Gasteiger partial charge on any atom is 0.279 e. The van der Waals surface area contributed by atoms with Gasteiger partial charge in [0.1, 0.15) is 5.69 Å². The molecule has 0 saturated carbocycles. The lowest BCUT2D eigenvalue weighted by atomic mass is 9.84. The van der Waals surface area contributed by atoms with Crippen LogP contribution in [-0.2, 0) is 21.4 Å². The molecule has 2 aliphatic rings. The van der Waals surface area contributed by atoms with Crippen molar-refractivity contribution in [3.63, 3.8) is 0 Å². The van der Waals surface area contributed by atoms with Gasteiger partial charge in [0.25, 0.3) is 11.5 Å². The molecule has 8 nitrogen and oxygen atoms in total. The average Bonchev–Trinajstić information content (AvgIpc) is 2.70. The van der Waals surface area contributed by atoms with Gasteiger partial charge in [0.2, 0.25) is 10.0 Å². The number of sulfonamides is 1. The molecule has 1 aromatic carbocycles. The molecule has 160 valence electrons. The number of fused-ring (bicyclic) bond motifs is 4. The highest BCUT2D eigenvalue weighted by Gasteiger charge is 2.39. The third-order valence-electron chi connectivity index (χ3n) is 5.74. The number of piperidine rings is 1. The fraction of sp³-hybridized carbons (Fsp3) is 0.429. The van der Waals surface area contributed by atoms with Crippen molar-refractivity contribution in [2.75, 3.05) is 39.0 Å². The van der Waals surface area contributed by atoms with Crippen molar-refractivity contribution < 1.29 is 18.1 Å². The van der Waals surface area contributed by atoms with E-state index in [1.54, 1.807) is 45.3 Å². The SMILES string of the molecule is C[NH+](C)CC(=O)Nc1ccc2n(c1=O)C[C@H]1C[C@@H]2CN(S(=O)(=O)c2ccccc2)C1. The molecule has 0 spiro atoms. The van der Waals surface area contributed by atoms with Gasteiger partial charge in [-0.1, -0.05) is 18.2 Å². The number of aromatic nitrogens is 1. The van der Waals surface area contributed by atoms with E-state index in [0.29, 0.717) is 24.5 Å². The van der Waals surface area contributed by atoms with Gasteiger partial charge >= 0.3 is 0 Å². The average molecular weight is 432 g/mol. The monoisotopic (exact) mass is 431 g/mol. The molecule has 9 heteroatoms. The first-order chi connectivity index (χ1) is 14.3. The van der Waals surface area contributed by atoms with Crippen LogP contribution in [0.3, 0.4) is 0 Å². The van der Waals surface area contributed by atoms with Gasteiger partial charge in [0, 0.05) is 31.2 Å². The molecule has 2 atom stereocenters. The number of quaternary nitrogens is 1. The third kappa shape index (κ3) is 3.92. The molecule has 2 N–H and O–H groups in total. The zero-order valence-electron chi connectivity index (χ0n) is 17.2. The van der Waals surface area contributed by atoms with Crippen LogP contribution in [0.1, 0.15) is 18.0 Å². The van der Waals surface area contributed by atoms with Crippen LogP contribution in [0.4, 0.5) is 5.69 Å². The second kappa shape index (κ2) is 7.98. The van der Waals surface area contributed by atoms with E-state index in [2.05, 4.69) is 5.32 Å². The van der Waals surface area contributed by atoms with Gasteiger partial charge in [0.05, 0.1) is 19.0 Å². The Balaban J connectivity index is 1.60. The van der Waals surface area contributed by atoms with Crippen LogP contribution in [0.15, 0.2) is 52.2 Å². The minimum Gasteiger partial charge on any atom is -0.332 e. The van der Waals surface area contributed by atoms with Crippen LogP contribution in [0.25, 0.3) is 0 Å². The van der Waals surface area contributed by atoms with E-state index in [0.717, 1.165) is 17.0 Å². The molecule has 2 bridgehead atoms. The van der Waals surface area contributed by atoms with E-state index in [1.807, 2.05) is 20.2 Å². The lowest BCUT2D eigenvalue weighted by Crippen LogP contribution is -3.06. The van der Waals surface area contributed by atoms with Crippen LogP contribution in [0.5, 0.6) is 0 Å².